The molecule has 5 unspecified atom stereocenters. The van der Waals surface area contributed by atoms with Crippen molar-refractivity contribution < 1.29 is 0 Å². The lowest BCUT2D eigenvalue weighted by atomic mass is 9.73. The van der Waals surface area contributed by atoms with Gasteiger partial charge in [0.2, 0.25) is 0 Å². The van der Waals surface area contributed by atoms with Crippen LogP contribution in [0.3, 0.4) is 0 Å². The van der Waals surface area contributed by atoms with Gasteiger partial charge in [0.1, 0.15) is 13.7 Å². The molecule has 1 nitrogen and oxygen atoms in total. The van der Waals surface area contributed by atoms with Gasteiger partial charge in [0.05, 0.1) is 0 Å². The molecule has 3 aliphatic carbocycles. The first kappa shape index (κ1) is 55.8. The van der Waals surface area contributed by atoms with Crippen LogP contribution in [-0.2, 0) is 5.41 Å². The second kappa shape index (κ2) is 28.0. The van der Waals surface area contributed by atoms with E-state index in [1.165, 1.54) is 5.57 Å². The molecule has 74 heavy (non-hydrogen) atoms. The SMILES string of the molecule is C#CC#CC#CC#CC#CC#CC#CC#CC#CC#CC#CC1(C#CC#CC#CC#CC#CC#CC#CC#CC#CC#CC#C)C2=CC3C(C)C(C)C([Si](C)(C)N(C(C)(C)C)C(C)(C)C)C3C=C2c2ccccc21. The molecule has 0 spiro atoms. The zero-order valence-electron chi connectivity index (χ0n) is 43.0. The van der Waals surface area contributed by atoms with Crippen molar-refractivity contribution in [3.8, 4) is 262 Å². The van der Waals surface area contributed by atoms with E-state index >= 15 is 0 Å². The molecule has 1 aromatic rings. The fourth-order valence-corrected chi connectivity index (χ4v) is 16.7. The number of terminal acetylenes is 2. The number of benzene rings is 1. The summed E-state index contributed by atoms with van der Waals surface area (Å²) in [5, 5.41) is 0. The minimum atomic E-state index is -2.12. The average molecular weight is 950 g/mol. The molecule has 3 aliphatic rings. The first-order chi connectivity index (χ1) is 35.6. The Morgan fingerprint density at radius 1 is 0.419 bits per heavy atom. The highest BCUT2D eigenvalue weighted by Gasteiger charge is 2.59. The minimum Gasteiger partial charge on any atom is -0.314 e. The Bertz CT molecular complexity index is 3840. The molecule has 340 valence electrons. The molecule has 2 heteroatoms. The Hall–Kier alpha value is -10.8. The van der Waals surface area contributed by atoms with Gasteiger partial charge in [-0.2, -0.15) is 0 Å². The summed E-state index contributed by atoms with van der Waals surface area (Å²) < 4.78 is 2.86. The standard InChI is InChI=1S/C72H43NSi/c1-13-15-17-19-21-23-25-27-29-31-33-35-37-39-41-43-45-47-49-53-57-72(58-54-50-48-46-44-42-40-38-36-34-32-30-28-26-24-22-20-18-16-14-2)67-56-52-51-55-63(67)65-59-66-64(60-68(65)72)61(3)62(4)69(66)74(11,12)73(70(5,6)7)71(8,9)10/h1-2,51-52,55-56,59-62,64,66,69H,3-12H3. The molecule has 0 bridgehead atoms. The van der Waals surface area contributed by atoms with Gasteiger partial charge in [-0.3, -0.25) is 0 Å². The number of rotatable bonds is 2. The van der Waals surface area contributed by atoms with Crippen molar-refractivity contribution in [3.05, 3.63) is 53.1 Å². The summed E-state index contributed by atoms with van der Waals surface area (Å²) in [6.45, 7) is 24.2. The van der Waals surface area contributed by atoms with Crippen molar-refractivity contribution >= 4 is 13.8 Å². The quantitative estimate of drug-likeness (QED) is 0.219. The van der Waals surface area contributed by atoms with Gasteiger partial charge in [0, 0.05) is 58.4 Å². The second-order valence-corrected chi connectivity index (χ2v) is 22.9. The molecule has 0 radical (unpaired) electrons. The topological polar surface area (TPSA) is 3.24 Å². The van der Waals surface area contributed by atoms with Crippen LogP contribution in [0.5, 0.6) is 0 Å². The van der Waals surface area contributed by atoms with Gasteiger partial charge in [-0.15, -0.1) is 12.8 Å². The monoisotopic (exact) mass is 949 g/mol. The third-order valence-corrected chi connectivity index (χ3v) is 16.6. The van der Waals surface area contributed by atoms with E-state index in [1.807, 2.05) is 6.07 Å². The van der Waals surface area contributed by atoms with Crippen LogP contribution in [-0.4, -0.2) is 23.9 Å². The van der Waals surface area contributed by atoms with E-state index in [-0.39, 0.29) is 17.0 Å². The number of fused-ring (bicyclic) bond motifs is 4. The number of nitrogens with zero attached hydrogens (tertiary/aromatic N) is 1. The highest BCUT2D eigenvalue weighted by molar-refractivity contribution is 6.76. The van der Waals surface area contributed by atoms with E-state index in [1.54, 1.807) is 0 Å². The smallest absolute Gasteiger partial charge is 0.144 e. The lowest BCUT2D eigenvalue weighted by molar-refractivity contribution is 0.121. The molecule has 0 aliphatic heterocycles. The van der Waals surface area contributed by atoms with E-state index in [0.29, 0.717) is 23.3 Å². The van der Waals surface area contributed by atoms with E-state index in [9.17, 15) is 0 Å². The van der Waals surface area contributed by atoms with Gasteiger partial charge in [0.25, 0.3) is 0 Å². The molecular weight excluding hydrogens is 907 g/mol. The predicted octanol–water partition coefficient (Wildman–Crippen LogP) is 7.59. The lowest BCUT2D eigenvalue weighted by Gasteiger charge is -2.57. The molecule has 0 amide bonds. The Balaban J connectivity index is 1.71. The van der Waals surface area contributed by atoms with Crippen LogP contribution >= 0.6 is 0 Å². The Labute approximate surface area is 444 Å². The third-order valence-electron chi connectivity index (χ3n) is 11.5. The van der Waals surface area contributed by atoms with Crippen LogP contribution in [0, 0.1) is 285 Å². The Kier molecular flexibility index (Phi) is 21.1. The van der Waals surface area contributed by atoms with Crippen LogP contribution in [0.4, 0.5) is 0 Å². The summed E-state index contributed by atoms with van der Waals surface area (Å²) in [4.78, 5) is 0. The molecule has 4 rings (SSSR count). The maximum Gasteiger partial charge on any atom is 0.144 e. The number of allylic oxidation sites excluding steroid dienone is 4. The maximum atomic E-state index is 5.02. The minimum absolute atomic E-state index is 0.00524. The lowest BCUT2D eigenvalue weighted by Crippen LogP contribution is -2.67. The molecule has 1 aromatic carbocycles. The molecule has 0 aromatic heterocycles. The highest BCUT2D eigenvalue weighted by Crippen LogP contribution is 2.62. The summed E-state index contributed by atoms with van der Waals surface area (Å²) in [5.41, 5.74) is 3.81. The molecule has 1 fully saturated rings. The van der Waals surface area contributed by atoms with E-state index in [4.69, 9.17) is 12.8 Å². The van der Waals surface area contributed by atoms with E-state index in [2.05, 4.69) is 352 Å². The summed E-state index contributed by atoms with van der Waals surface area (Å²) in [7, 11) is -2.12. The average Bonchev–Trinajstić information content (AvgIpc) is 3.76. The molecule has 0 saturated heterocycles. The summed E-state index contributed by atoms with van der Waals surface area (Å²) in [6, 6.07) is 8.38. The van der Waals surface area contributed by atoms with Crippen LogP contribution in [0.1, 0.15) is 66.5 Å². The van der Waals surface area contributed by atoms with Crippen molar-refractivity contribution in [2.75, 3.05) is 0 Å². The molecule has 5 atom stereocenters. The first-order valence-corrected chi connectivity index (χ1v) is 26.0. The van der Waals surface area contributed by atoms with Crippen molar-refractivity contribution in [1.29, 1.82) is 0 Å². The second-order valence-electron chi connectivity index (χ2n) is 18.5. The zero-order valence-corrected chi connectivity index (χ0v) is 44.0. The zero-order chi connectivity index (χ0) is 53.7. The van der Waals surface area contributed by atoms with Gasteiger partial charge >= 0.3 is 0 Å². The predicted molar refractivity (Wildman–Crippen MR) is 305 cm³/mol. The van der Waals surface area contributed by atoms with E-state index < -0.39 is 13.7 Å². The summed E-state index contributed by atoms with van der Waals surface area (Å²) >= 11 is 0. The largest absolute Gasteiger partial charge is 0.314 e. The summed E-state index contributed by atoms with van der Waals surface area (Å²) in [5.74, 6) is 113. The van der Waals surface area contributed by atoms with Crippen LogP contribution in [0.15, 0.2) is 42.0 Å². The van der Waals surface area contributed by atoms with Crippen molar-refractivity contribution in [2.24, 2.45) is 23.7 Å². The Morgan fingerprint density at radius 2 is 0.730 bits per heavy atom. The van der Waals surface area contributed by atoms with Gasteiger partial charge in [-0.05, 0) is 282 Å². The summed E-state index contributed by atoms with van der Waals surface area (Å²) in [6.07, 6.45) is 15.1. The molecule has 0 heterocycles. The molecular formula is C72H43NSi. The number of hydrogen-bond donors (Lipinski definition) is 0. The fraction of sp³-hybridized carbons (Fsp3) is 0.250. The molecule has 1 saturated carbocycles. The van der Waals surface area contributed by atoms with Crippen molar-refractivity contribution in [2.45, 2.75) is 90.5 Å². The van der Waals surface area contributed by atoms with Gasteiger partial charge < -0.3 is 4.57 Å². The van der Waals surface area contributed by atoms with Crippen molar-refractivity contribution in [3.63, 3.8) is 0 Å². The van der Waals surface area contributed by atoms with Gasteiger partial charge in [0.15, 0.2) is 0 Å². The Morgan fingerprint density at radius 3 is 1.05 bits per heavy atom. The molecule has 0 N–H and O–H groups in total. The first-order valence-electron chi connectivity index (χ1n) is 22.9. The van der Waals surface area contributed by atoms with Crippen LogP contribution < -0.4 is 0 Å². The van der Waals surface area contributed by atoms with Crippen LogP contribution in [0.2, 0.25) is 18.6 Å². The maximum absolute atomic E-state index is 5.02. The number of hydrogen-bond acceptors (Lipinski definition) is 1. The van der Waals surface area contributed by atoms with Gasteiger partial charge in [-0.25, -0.2) is 0 Å². The third kappa shape index (κ3) is 15.9. The fourth-order valence-electron chi connectivity index (χ4n) is 10.1. The normalized spacial score (nSPS) is 15.9. The highest BCUT2D eigenvalue weighted by atomic mass is 28.3. The van der Waals surface area contributed by atoms with Gasteiger partial charge in [-0.1, -0.05) is 75.2 Å². The van der Waals surface area contributed by atoms with Crippen molar-refractivity contribution in [1.82, 2.24) is 4.57 Å². The van der Waals surface area contributed by atoms with Crippen LogP contribution in [0.25, 0.3) is 5.57 Å². The van der Waals surface area contributed by atoms with E-state index in [0.717, 1.165) is 16.7 Å².